The highest BCUT2D eigenvalue weighted by Crippen LogP contribution is 2.33. The number of hydrogen-bond donors (Lipinski definition) is 3. The fourth-order valence-electron chi connectivity index (χ4n) is 4.78. The van der Waals surface area contributed by atoms with Crippen molar-refractivity contribution in [3.05, 3.63) is 67.0 Å². The van der Waals surface area contributed by atoms with Crippen molar-refractivity contribution in [1.29, 1.82) is 0 Å². The molecule has 0 aliphatic heterocycles. The molecule has 5 aromatic heterocycles. The maximum Gasteiger partial charge on any atom is 0.181 e. The fourth-order valence-corrected chi connectivity index (χ4v) is 4.78. The lowest BCUT2D eigenvalue weighted by Crippen LogP contribution is -2.20. The van der Waals surface area contributed by atoms with Crippen molar-refractivity contribution in [2.45, 2.75) is 0 Å². The van der Waals surface area contributed by atoms with Gasteiger partial charge in [0.05, 0.1) is 17.1 Å². The number of imidazole rings is 1. The van der Waals surface area contributed by atoms with Gasteiger partial charge in [-0.1, -0.05) is 0 Å². The Bertz CT molecular complexity index is 1880. The largest absolute Gasteiger partial charge is 0.491 e. The van der Waals surface area contributed by atoms with Crippen molar-refractivity contribution in [3.63, 3.8) is 0 Å². The lowest BCUT2D eigenvalue weighted by Gasteiger charge is -2.13. The number of likely N-dealkylation sites (N-methyl/N-ethyl adjacent to an activating group) is 2. The Morgan fingerprint density at radius 3 is 2.56 bits per heavy atom. The highest BCUT2D eigenvalue weighted by molar-refractivity contribution is 5.96. The van der Waals surface area contributed by atoms with Gasteiger partial charge < -0.3 is 24.8 Å². The van der Waals surface area contributed by atoms with Crippen LogP contribution in [0.3, 0.4) is 0 Å². The molecule has 6 aromatic rings. The molecule has 43 heavy (non-hydrogen) atoms. The van der Waals surface area contributed by atoms with Gasteiger partial charge in [-0.05, 0) is 70.2 Å². The summed E-state index contributed by atoms with van der Waals surface area (Å²) in [4.78, 5) is 25.7. The number of nitrogens with zero attached hydrogens (tertiary/aromatic N) is 7. The van der Waals surface area contributed by atoms with E-state index in [-0.39, 0.29) is 5.82 Å². The van der Waals surface area contributed by atoms with Gasteiger partial charge in [-0.25, -0.2) is 19.3 Å². The molecule has 0 aliphatic rings. The minimum Gasteiger partial charge on any atom is -0.491 e. The van der Waals surface area contributed by atoms with E-state index < -0.39 is 0 Å². The molecule has 0 spiro atoms. The average molecular weight is 581 g/mol. The first-order chi connectivity index (χ1) is 20.8. The predicted octanol–water partition coefficient (Wildman–Crippen LogP) is 4.68. The van der Waals surface area contributed by atoms with E-state index in [9.17, 15) is 4.39 Å². The van der Waals surface area contributed by atoms with Crippen LogP contribution in [-0.4, -0.2) is 99.3 Å². The van der Waals surface area contributed by atoms with Gasteiger partial charge in [-0.2, -0.15) is 5.10 Å². The average Bonchev–Trinajstić information content (AvgIpc) is 3.60. The summed E-state index contributed by atoms with van der Waals surface area (Å²) in [7, 11) is 8.01. The molecule has 12 heteroatoms. The van der Waals surface area contributed by atoms with Crippen molar-refractivity contribution >= 4 is 27.9 Å². The number of aromatic nitrogens is 7. The number of rotatable bonds is 11. The first kappa shape index (κ1) is 28.2. The molecule has 0 aliphatic carbocycles. The lowest BCUT2D eigenvalue weighted by molar-refractivity contribution is 0.261. The quantitative estimate of drug-likeness (QED) is 0.200. The van der Waals surface area contributed by atoms with Crippen molar-refractivity contribution in [3.8, 4) is 39.5 Å². The summed E-state index contributed by atoms with van der Waals surface area (Å²) in [5.41, 5.74) is 6.39. The van der Waals surface area contributed by atoms with E-state index in [0.29, 0.717) is 58.5 Å². The topological polar surface area (TPSA) is 124 Å². The van der Waals surface area contributed by atoms with E-state index in [0.717, 1.165) is 35.2 Å². The molecule has 1 aromatic carbocycles. The Hall–Kier alpha value is -4.94. The molecule has 0 fully saturated rings. The minimum absolute atomic E-state index is 0.325. The van der Waals surface area contributed by atoms with Crippen LogP contribution in [0.15, 0.2) is 61.2 Å². The van der Waals surface area contributed by atoms with Crippen LogP contribution in [-0.2, 0) is 0 Å². The van der Waals surface area contributed by atoms with Crippen molar-refractivity contribution in [1.82, 2.24) is 44.9 Å². The van der Waals surface area contributed by atoms with Crippen LogP contribution < -0.4 is 10.1 Å². The molecule has 0 atom stereocenters. The number of pyridine rings is 3. The molecule has 5 heterocycles. The summed E-state index contributed by atoms with van der Waals surface area (Å²) >= 11 is 0. The minimum atomic E-state index is -0.325. The third kappa shape index (κ3) is 6.30. The summed E-state index contributed by atoms with van der Waals surface area (Å²) in [5.74, 6) is 0.918. The third-order valence-corrected chi connectivity index (χ3v) is 6.99. The van der Waals surface area contributed by atoms with Gasteiger partial charge in [0.25, 0.3) is 0 Å². The zero-order chi connectivity index (χ0) is 29.9. The summed E-state index contributed by atoms with van der Waals surface area (Å²) in [6.07, 6.45) is 6.92. The second kappa shape index (κ2) is 12.1. The standard InChI is InChI=1S/C31H33FN10O/c1-41(2)8-7-34-23-12-19(11-22(32)15-23)25-5-6-35-30-27(25)37-31(38-30)28-26-14-21(17-36-29(26)40-39-28)20-13-24(18-33-16-20)43-10-9-42(3)4/h5-6,11-18,34H,7-10H2,1-4H3,(H,35,37,38)(H,36,39,40). The zero-order valence-electron chi connectivity index (χ0n) is 24.5. The van der Waals surface area contributed by atoms with Gasteiger partial charge in [0.2, 0.25) is 0 Å². The molecule has 0 saturated carbocycles. The number of nitrogens with one attached hydrogen (secondary N) is 3. The number of hydrogen-bond acceptors (Lipinski definition) is 9. The van der Waals surface area contributed by atoms with Crippen LogP contribution in [0.1, 0.15) is 0 Å². The Kier molecular flexibility index (Phi) is 7.95. The normalized spacial score (nSPS) is 11.7. The number of halogens is 1. The fraction of sp³-hybridized carbons (Fsp3) is 0.258. The Morgan fingerprint density at radius 1 is 0.884 bits per heavy atom. The van der Waals surface area contributed by atoms with Crippen LogP contribution in [0.25, 0.3) is 56.0 Å². The molecule has 0 saturated heterocycles. The molecular weight excluding hydrogens is 547 g/mol. The number of benzene rings is 1. The van der Waals surface area contributed by atoms with Gasteiger partial charge in [-0.15, -0.1) is 0 Å². The molecule has 6 rings (SSSR count). The molecule has 0 unspecified atom stereocenters. The number of ether oxygens (including phenoxy) is 1. The second-order valence-corrected chi connectivity index (χ2v) is 10.9. The van der Waals surface area contributed by atoms with E-state index in [1.807, 2.05) is 52.5 Å². The maximum atomic E-state index is 14.7. The Labute approximate surface area is 248 Å². The predicted molar refractivity (Wildman–Crippen MR) is 166 cm³/mol. The molecule has 0 bridgehead atoms. The number of fused-ring (bicyclic) bond motifs is 2. The van der Waals surface area contributed by atoms with E-state index >= 15 is 0 Å². The smallest absolute Gasteiger partial charge is 0.181 e. The first-order valence-corrected chi connectivity index (χ1v) is 14.0. The molecular formula is C31H33FN10O. The maximum absolute atomic E-state index is 14.7. The van der Waals surface area contributed by atoms with E-state index in [1.165, 1.54) is 12.1 Å². The van der Waals surface area contributed by atoms with Gasteiger partial charge in [0, 0.05) is 60.6 Å². The third-order valence-electron chi connectivity index (χ3n) is 6.99. The van der Waals surface area contributed by atoms with Crippen LogP contribution >= 0.6 is 0 Å². The SMILES string of the molecule is CN(C)CCNc1cc(F)cc(-c2ccnc3nc(-c4[nH]nc5ncc(-c6cncc(OCCN(C)C)c6)cc45)[nH]c23)c1. The van der Waals surface area contributed by atoms with Gasteiger partial charge >= 0.3 is 0 Å². The van der Waals surface area contributed by atoms with E-state index in [4.69, 9.17) is 9.72 Å². The van der Waals surface area contributed by atoms with Crippen LogP contribution in [0.2, 0.25) is 0 Å². The molecule has 0 radical (unpaired) electrons. The highest BCUT2D eigenvalue weighted by atomic mass is 19.1. The Morgan fingerprint density at radius 2 is 1.72 bits per heavy atom. The van der Waals surface area contributed by atoms with Gasteiger partial charge in [0.1, 0.15) is 23.9 Å². The summed E-state index contributed by atoms with van der Waals surface area (Å²) < 4.78 is 20.5. The molecule has 11 nitrogen and oxygen atoms in total. The summed E-state index contributed by atoms with van der Waals surface area (Å²) in [5, 5.41) is 11.6. The summed E-state index contributed by atoms with van der Waals surface area (Å²) in [6, 6.07) is 10.8. The Balaban J connectivity index is 1.33. The summed E-state index contributed by atoms with van der Waals surface area (Å²) in [6.45, 7) is 2.89. The van der Waals surface area contributed by atoms with Crippen molar-refractivity contribution in [2.24, 2.45) is 0 Å². The van der Waals surface area contributed by atoms with Crippen molar-refractivity contribution < 1.29 is 9.13 Å². The van der Waals surface area contributed by atoms with Gasteiger partial charge in [-0.3, -0.25) is 10.1 Å². The number of H-pyrrole nitrogens is 2. The van der Waals surface area contributed by atoms with Crippen LogP contribution in [0.5, 0.6) is 5.75 Å². The van der Waals surface area contributed by atoms with Crippen molar-refractivity contribution in [2.75, 3.05) is 59.7 Å². The number of anilines is 1. The number of aromatic amines is 2. The van der Waals surface area contributed by atoms with Crippen LogP contribution in [0, 0.1) is 5.82 Å². The van der Waals surface area contributed by atoms with Crippen LogP contribution in [0.4, 0.5) is 10.1 Å². The van der Waals surface area contributed by atoms with E-state index in [2.05, 4.69) is 45.2 Å². The molecule has 3 N–H and O–H groups in total. The lowest BCUT2D eigenvalue weighted by atomic mass is 10.0. The monoisotopic (exact) mass is 580 g/mol. The molecule has 0 amide bonds. The highest BCUT2D eigenvalue weighted by Gasteiger charge is 2.17. The second-order valence-electron chi connectivity index (χ2n) is 10.9. The van der Waals surface area contributed by atoms with E-state index in [1.54, 1.807) is 24.8 Å². The molecule has 220 valence electrons. The van der Waals surface area contributed by atoms with Gasteiger partial charge in [0.15, 0.2) is 17.1 Å². The first-order valence-electron chi connectivity index (χ1n) is 14.0. The zero-order valence-corrected chi connectivity index (χ0v) is 24.5.